The monoisotopic (exact) mass is 313 g/mol. The minimum atomic E-state index is -0.229. The Kier molecular flexibility index (Phi) is 4.47. The van der Waals surface area contributed by atoms with Crippen LogP contribution in [0.15, 0.2) is 29.8 Å². The van der Waals surface area contributed by atoms with Gasteiger partial charge in [0, 0.05) is 11.0 Å². The smallest absolute Gasteiger partial charge is 0.336 e. The quantitative estimate of drug-likeness (QED) is 0.856. The van der Waals surface area contributed by atoms with Crippen LogP contribution in [0.4, 0.5) is 0 Å². The van der Waals surface area contributed by atoms with Crippen molar-refractivity contribution in [1.82, 2.24) is 0 Å². The van der Waals surface area contributed by atoms with Crippen molar-refractivity contribution in [2.24, 2.45) is 17.1 Å². The summed E-state index contributed by atoms with van der Waals surface area (Å²) >= 11 is 0. The molecule has 1 aromatic carbocycles. The number of carbonyl (C=O) groups excluding carboxylic acids is 1. The summed E-state index contributed by atoms with van der Waals surface area (Å²) in [4.78, 5) is 12.7. The number of carbonyl (C=O) groups is 1. The lowest BCUT2D eigenvalue weighted by atomic mass is 9.60. The normalized spacial score (nSPS) is 25.1. The van der Waals surface area contributed by atoms with Gasteiger partial charge in [-0.05, 0) is 37.7 Å². The van der Waals surface area contributed by atoms with Crippen molar-refractivity contribution in [3.05, 3.63) is 41.0 Å². The van der Waals surface area contributed by atoms with Crippen LogP contribution in [0, 0.1) is 11.3 Å². The lowest BCUT2D eigenvalue weighted by molar-refractivity contribution is -0.140. The van der Waals surface area contributed by atoms with E-state index >= 15 is 0 Å². The van der Waals surface area contributed by atoms with Crippen LogP contribution in [0.1, 0.15) is 57.1 Å². The highest BCUT2D eigenvalue weighted by Gasteiger charge is 2.46. The van der Waals surface area contributed by atoms with Crippen molar-refractivity contribution in [3.8, 4) is 0 Å². The number of hydrogen-bond donors (Lipinski definition) is 1. The molecule has 0 heterocycles. The van der Waals surface area contributed by atoms with Gasteiger partial charge in [0.2, 0.25) is 0 Å². The zero-order chi connectivity index (χ0) is 16.4. The van der Waals surface area contributed by atoms with Crippen molar-refractivity contribution in [1.29, 1.82) is 0 Å². The number of fused-ring (bicyclic) bond motifs is 1. The van der Waals surface area contributed by atoms with E-state index < -0.39 is 0 Å². The van der Waals surface area contributed by atoms with E-state index in [1.807, 2.05) is 19.1 Å². The fraction of sp³-hybridized carbons (Fsp3) is 0.550. The van der Waals surface area contributed by atoms with Crippen LogP contribution in [-0.2, 0) is 16.0 Å². The molecule has 0 radical (unpaired) electrons. The number of ether oxygens (including phenoxy) is 1. The molecular weight excluding hydrogens is 286 g/mol. The Morgan fingerprint density at radius 2 is 1.96 bits per heavy atom. The van der Waals surface area contributed by atoms with E-state index in [1.165, 1.54) is 37.7 Å². The minimum absolute atomic E-state index is 0.217. The van der Waals surface area contributed by atoms with Crippen molar-refractivity contribution in [2.75, 3.05) is 6.61 Å². The van der Waals surface area contributed by atoms with E-state index in [-0.39, 0.29) is 11.4 Å². The molecule has 1 saturated carbocycles. The van der Waals surface area contributed by atoms with Gasteiger partial charge < -0.3 is 10.5 Å². The van der Waals surface area contributed by atoms with Gasteiger partial charge in [0.1, 0.15) is 0 Å². The van der Waals surface area contributed by atoms with E-state index in [2.05, 4.69) is 19.1 Å². The summed E-state index contributed by atoms with van der Waals surface area (Å²) in [7, 11) is 0. The molecule has 0 aromatic heterocycles. The fourth-order valence-corrected chi connectivity index (χ4v) is 4.50. The van der Waals surface area contributed by atoms with E-state index in [1.54, 1.807) is 0 Å². The third-order valence-corrected chi connectivity index (χ3v) is 5.69. The summed E-state index contributed by atoms with van der Waals surface area (Å²) in [6.07, 6.45) is 7.03. The number of benzene rings is 1. The van der Waals surface area contributed by atoms with Gasteiger partial charge in [-0.15, -0.1) is 0 Å². The molecule has 1 atom stereocenters. The molecule has 0 aliphatic heterocycles. The standard InChI is InChI=1S/C20H27NO2/c1-3-23-19(22)17-18(21)16-12-8-7-9-14(16)13-20(17,2)15-10-5-4-6-11-15/h7-9,12,15H,3-6,10-11,13,21H2,1-2H3/t20-/m0/s1. The predicted octanol–water partition coefficient (Wildman–Crippen LogP) is 4.06. The molecule has 1 fully saturated rings. The predicted molar refractivity (Wildman–Crippen MR) is 92.6 cm³/mol. The average molecular weight is 313 g/mol. The highest BCUT2D eigenvalue weighted by atomic mass is 16.5. The Labute approximate surface area is 138 Å². The van der Waals surface area contributed by atoms with Crippen LogP contribution >= 0.6 is 0 Å². The van der Waals surface area contributed by atoms with Crippen LogP contribution in [-0.4, -0.2) is 12.6 Å². The molecule has 3 rings (SSSR count). The number of esters is 1. The van der Waals surface area contributed by atoms with Gasteiger partial charge in [-0.25, -0.2) is 4.79 Å². The lowest BCUT2D eigenvalue weighted by Crippen LogP contribution is -2.41. The third kappa shape index (κ3) is 2.77. The van der Waals surface area contributed by atoms with Crippen LogP contribution in [0.3, 0.4) is 0 Å². The molecule has 124 valence electrons. The Morgan fingerprint density at radius 1 is 1.26 bits per heavy atom. The molecule has 0 unspecified atom stereocenters. The zero-order valence-electron chi connectivity index (χ0n) is 14.2. The van der Waals surface area contributed by atoms with E-state index in [0.717, 1.165) is 12.0 Å². The van der Waals surface area contributed by atoms with E-state index in [9.17, 15) is 4.79 Å². The molecule has 0 saturated heterocycles. The first-order valence-electron chi connectivity index (χ1n) is 8.83. The number of nitrogens with two attached hydrogens (primary N) is 1. The second-order valence-electron chi connectivity index (χ2n) is 7.10. The van der Waals surface area contributed by atoms with E-state index in [0.29, 0.717) is 23.8 Å². The van der Waals surface area contributed by atoms with Gasteiger partial charge in [0.05, 0.1) is 17.9 Å². The Hall–Kier alpha value is -1.77. The van der Waals surface area contributed by atoms with Gasteiger partial charge in [-0.3, -0.25) is 0 Å². The second-order valence-corrected chi connectivity index (χ2v) is 7.10. The van der Waals surface area contributed by atoms with Gasteiger partial charge in [-0.1, -0.05) is 50.5 Å². The third-order valence-electron chi connectivity index (χ3n) is 5.69. The fourth-order valence-electron chi connectivity index (χ4n) is 4.50. The first kappa shape index (κ1) is 16.1. The summed E-state index contributed by atoms with van der Waals surface area (Å²) in [6, 6.07) is 8.20. The maximum Gasteiger partial charge on any atom is 0.336 e. The average Bonchev–Trinajstić information content (AvgIpc) is 2.56. The van der Waals surface area contributed by atoms with Crippen LogP contribution < -0.4 is 5.73 Å². The number of rotatable bonds is 3. The van der Waals surface area contributed by atoms with Crippen molar-refractivity contribution in [2.45, 2.75) is 52.4 Å². The molecular formula is C20H27NO2. The van der Waals surface area contributed by atoms with Crippen LogP contribution in [0.5, 0.6) is 0 Å². The highest BCUT2D eigenvalue weighted by molar-refractivity contribution is 5.99. The summed E-state index contributed by atoms with van der Waals surface area (Å²) in [6.45, 7) is 4.46. The molecule has 2 N–H and O–H groups in total. The summed E-state index contributed by atoms with van der Waals surface area (Å²) in [5.74, 6) is 0.273. The van der Waals surface area contributed by atoms with Crippen molar-refractivity contribution < 1.29 is 9.53 Å². The first-order chi connectivity index (χ1) is 11.1. The maximum absolute atomic E-state index is 12.7. The molecule has 0 spiro atoms. The van der Waals surface area contributed by atoms with Gasteiger partial charge in [0.15, 0.2) is 0 Å². The maximum atomic E-state index is 12.7. The van der Waals surface area contributed by atoms with Crippen molar-refractivity contribution in [3.63, 3.8) is 0 Å². The Bertz CT molecular complexity index is 628. The van der Waals surface area contributed by atoms with Gasteiger partial charge in [0.25, 0.3) is 0 Å². The summed E-state index contributed by atoms with van der Waals surface area (Å²) in [5.41, 5.74) is 9.86. The Balaban J connectivity index is 2.10. The Morgan fingerprint density at radius 3 is 2.65 bits per heavy atom. The number of hydrogen-bond acceptors (Lipinski definition) is 3. The second kappa shape index (κ2) is 6.38. The summed E-state index contributed by atoms with van der Waals surface area (Å²) in [5, 5.41) is 0. The molecule has 23 heavy (non-hydrogen) atoms. The lowest BCUT2D eigenvalue weighted by Gasteiger charge is -2.44. The molecule has 0 bridgehead atoms. The molecule has 3 nitrogen and oxygen atoms in total. The van der Waals surface area contributed by atoms with Crippen molar-refractivity contribution >= 4 is 11.7 Å². The molecule has 3 heteroatoms. The first-order valence-corrected chi connectivity index (χ1v) is 8.83. The molecule has 0 amide bonds. The van der Waals surface area contributed by atoms with Crippen LogP contribution in [0.25, 0.3) is 5.70 Å². The molecule has 2 aliphatic carbocycles. The van der Waals surface area contributed by atoms with E-state index in [4.69, 9.17) is 10.5 Å². The topological polar surface area (TPSA) is 52.3 Å². The minimum Gasteiger partial charge on any atom is -0.463 e. The SMILES string of the molecule is CCOC(=O)C1=C(N)c2ccccc2C[C@@]1(C)C1CCCCC1. The van der Waals surface area contributed by atoms with Gasteiger partial charge in [-0.2, -0.15) is 0 Å². The largest absolute Gasteiger partial charge is 0.463 e. The zero-order valence-corrected chi connectivity index (χ0v) is 14.2. The molecule has 1 aromatic rings. The summed E-state index contributed by atoms with van der Waals surface area (Å²) < 4.78 is 5.38. The van der Waals surface area contributed by atoms with Gasteiger partial charge >= 0.3 is 5.97 Å². The highest BCUT2D eigenvalue weighted by Crippen LogP contribution is 2.50. The van der Waals surface area contributed by atoms with Crippen LogP contribution in [0.2, 0.25) is 0 Å². The molecule has 2 aliphatic rings.